The molecule has 1 aromatic carbocycles. The summed E-state index contributed by atoms with van der Waals surface area (Å²) in [6.45, 7) is 0. The van der Waals surface area contributed by atoms with Crippen molar-refractivity contribution < 1.29 is 0 Å². The highest BCUT2D eigenvalue weighted by Gasteiger charge is 2.33. The van der Waals surface area contributed by atoms with Crippen molar-refractivity contribution >= 4 is 16.7 Å². The van der Waals surface area contributed by atoms with Gasteiger partial charge < -0.3 is 10.2 Å². The molecular formula is C23H26N8. The lowest BCUT2D eigenvalue weighted by Crippen LogP contribution is -2.54. The molecule has 3 atom stereocenters. The zero-order valence-corrected chi connectivity index (χ0v) is 17.6. The van der Waals surface area contributed by atoms with E-state index in [0.29, 0.717) is 18.1 Å². The topological polar surface area (TPSA) is 87.6 Å². The standard InChI is InChI=1S/C23H26N8/c1-30(17-12-15-4-2-5-16(13-17)26-15)22-9-7-20(27-28-22)18-6-8-21(31-11-3-10-25-31)23-19(18)14-24-29-23/h3,6-11,14-17,26H,2,4-5,12-13H2,1H3,(H,24,29)/t15-,16+,17?. The average molecular weight is 415 g/mol. The Bertz CT molecular complexity index is 1170. The number of hydrogen-bond acceptors (Lipinski definition) is 6. The lowest BCUT2D eigenvalue weighted by molar-refractivity contribution is 0.219. The van der Waals surface area contributed by atoms with E-state index in [1.54, 1.807) is 6.20 Å². The van der Waals surface area contributed by atoms with Gasteiger partial charge in [0.25, 0.3) is 0 Å². The molecule has 1 unspecified atom stereocenters. The fraction of sp³-hybridized carbons (Fsp3) is 0.391. The number of anilines is 1. The van der Waals surface area contributed by atoms with E-state index in [1.807, 2.05) is 29.2 Å². The molecule has 0 spiro atoms. The molecule has 2 aliphatic heterocycles. The number of nitrogens with zero attached hydrogens (tertiary/aromatic N) is 6. The van der Waals surface area contributed by atoms with Gasteiger partial charge in [0.1, 0.15) is 0 Å². The van der Waals surface area contributed by atoms with Gasteiger partial charge in [0.2, 0.25) is 0 Å². The van der Waals surface area contributed by atoms with Crippen LogP contribution in [0.1, 0.15) is 32.1 Å². The Morgan fingerprint density at radius 2 is 1.94 bits per heavy atom. The summed E-state index contributed by atoms with van der Waals surface area (Å²) in [7, 11) is 2.16. The SMILES string of the molecule is CN(c1ccc(-c2ccc(-n3cccn3)c3[nH]ncc23)nn1)C1C[C@H]2CCC[C@@H](C1)N2. The van der Waals surface area contributed by atoms with Crippen molar-refractivity contribution in [2.45, 2.75) is 50.2 Å². The molecule has 158 valence electrons. The van der Waals surface area contributed by atoms with Gasteiger partial charge in [0.15, 0.2) is 5.82 Å². The molecular weight excluding hydrogens is 388 g/mol. The van der Waals surface area contributed by atoms with E-state index in [1.165, 1.54) is 32.1 Å². The van der Waals surface area contributed by atoms with Crippen molar-refractivity contribution in [3.05, 3.63) is 48.9 Å². The first-order valence-electron chi connectivity index (χ1n) is 11.1. The summed E-state index contributed by atoms with van der Waals surface area (Å²) >= 11 is 0. The molecule has 2 aliphatic rings. The predicted molar refractivity (Wildman–Crippen MR) is 120 cm³/mol. The first-order valence-corrected chi connectivity index (χ1v) is 11.1. The van der Waals surface area contributed by atoms with Gasteiger partial charge in [-0.3, -0.25) is 5.10 Å². The zero-order chi connectivity index (χ0) is 20.8. The van der Waals surface area contributed by atoms with E-state index in [-0.39, 0.29) is 0 Å². The maximum atomic E-state index is 4.59. The molecule has 0 saturated carbocycles. The smallest absolute Gasteiger partial charge is 0.151 e. The quantitative estimate of drug-likeness (QED) is 0.533. The molecule has 2 saturated heterocycles. The third-order valence-electron chi connectivity index (χ3n) is 6.87. The van der Waals surface area contributed by atoms with Gasteiger partial charge >= 0.3 is 0 Å². The third kappa shape index (κ3) is 3.27. The summed E-state index contributed by atoms with van der Waals surface area (Å²) < 4.78 is 1.84. The van der Waals surface area contributed by atoms with Gasteiger partial charge in [0, 0.05) is 48.5 Å². The first-order chi connectivity index (χ1) is 15.3. The molecule has 2 fully saturated rings. The molecule has 0 amide bonds. The number of rotatable bonds is 4. The highest BCUT2D eigenvalue weighted by Crippen LogP contribution is 2.32. The summed E-state index contributed by atoms with van der Waals surface area (Å²) in [5.41, 5.74) is 3.75. The molecule has 8 nitrogen and oxygen atoms in total. The molecule has 5 heterocycles. The maximum Gasteiger partial charge on any atom is 0.151 e. The predicted octanol–water partition coefficient (Wildman–Crippen LogP) is 3.31. The van der Waals surface area contributed by atoms with Crippen molar-refractivity contribution in [2.75, 3.05) is 11.9 Å². The molecule has 31 heavy (non-hydrogen) atoms. The summed E-state index contributed by atoms with van der Waals surface area (Å²) in [6.07, 6.45) is 11.8. The second-order valence-corrected chi connectivity index (χ2v) is 8.75. The molecule has 6 rings (SSSR count). The van der Waals surface area contributed by atoms with E-state index in [9.17, 15) is 0 Å². The van der Waals surface area contributed by atoms with Gasteiger partial charge in [-0.1, -0.05) is 6.42 Å². The normalized spacial score (nSPS) is 23.2. The Morgan fingerprint density at radius 3 is 2.68 bits per heavy atom. The average Bonchev–Trinajstić information content (AvgIpc) is 3.50. The second kappa shape index (κ2) is 7.46. The highest BCUT2D eigenvalue weighted by atomic mass is 15.3. The van der Waals surface area contributed by atoms with Crippen molar-refractivity contribution in [3.8, 4) is 16.9 Å². The van der Waals surface area contributed by atoms with E-state index in [0.717, 1.165) is 33.7 Å². The van der Waals surface area contributed by atoms with Crippen LogP contribution in [0.25, 0.3) is 27.8 Å². The monoisotopic (exact) mass is 414 g/mol. The van der Waals surface area contributed by atoms with Crippen molar-refractivity contribution in [2.24, 2.45) is 0 Å². The third-order valence-corrected chi connectivity index (χ3v) is 6.87. The highest BCUT2D eigenvalue weighted by molar-refractivity contribution is 5.97. The second-order valence-electron chi connectivity index (χ2n) is 8.75. The molecule has 3 aromatic heterocycles. The minimum atomic E-state index is 0.519. The summed E-state index contributed by atoms with van der Waals surface area (Å²) in [4.78, 5) is 2.32. The fourth-order valence-corrected chi connectivity index (χ4v) is 5.24. The van der Waals surface area contributed by atoms with Crippen LogP contribution in [0.5, 0.6) is 0 Å². The van der Waals surface area contributed by atoms with E-state index in [4.69, 9.17) is 0 Å². The van der Waals surface area contributed by atoms with Gasteiger partial charge in [-0.05, 0) is 56.0 Å². The number of aromatic nitrogens is 6. The van der Waals surface area contributed by atoms with Gasteiger partial charge in [0.05, 0.1) is 23.1 Å². The van der Waals surface area contributed by atoms with Crippen LogP contribution in [-0.4, -0.2) is 55.3 Å². The van der Waals surface area contributed by atoms with Gasteiger partial charge in [-0.15, -0.1) is 10.2 Å². The van der Waals surface area contributed by atoms with Crippen LogP contribution in [0, 0.1) is 0 Å². The number of aromatic amines is 1. The molecule has 2 bridgehead atoms. The van der Waals surface area contributed by atoms with Crippen molar-refractivity contribution in [3.63, 3.8) is 0 Å². The molecule has 0 aliphatic carbocycles. The number of H-pyrrole nitrogens is 1. The van der Waals surface area contributed by atoms with E-state index < -0.39 is 0 Å². The first kappa shape index (κ1) is 18.5. The minimum Gasteiger partial charge on any atom is -0.355 e. The number of piperidine rings is 2. The van der Waals surface area contributed by atoms with E-state index >= 15 is 0 Å². The largest absolute Gasteiger partial charge is 0.355 e. The number of fused-ring (bicyclic) bond motifs is 3. The Hall–Kier alpha value is -3.26. The number of hydrogen-bond donors (Lipinski definition) is 2. The molecule has 0 radical (unpaired) electrons. The van der Waals surface area contributed by atoms with Crippen molar-refractivity contribution in [1.29, 1.82) is 0 Å². The fourth-order valence-electron chi connectivity index (χ4n) is 5.24. The Labute approximate surface area is 180 Å². The molecule has 4 aromatic rings. The summed E-state index contributed by atoms with van der Waals surface area (Å²) in [6, 6.07) is 12.0. The van der Waals surface area contributed by atoms with Crippen LogP contribution in [0.4, 0.5) is 5.82 Å². The maximum absolute atomic E-state index is 4.59. The van der Waals surface area contributed by atoms with Crippen LogP contribution in [0.15, 0.2) is 48.9 Å². The Balaban J connectivity index is 1.28. The molecule has 2 N–H and O–H groups in total. The Morgan fingerprint density at radius 1 is 1.06 bits per heavy atom. The lowest BCUT2D eigenvalue weighted by Gasteiger charge is -2.43. The summed E-state index contributed by atoms with van der Waals surface area (Å²) in [5, 5.41) is 25.7. The van der Waals surface area contributed by atoms with Crippen LogP contribution in [0.3, 0.4) is 0 Å². The minimum absolute atomic E-state index is 0.519. The van der Waals surface area contributed by atoms with E-state index in [2.05, 4.69) is 61.0 Å². The van der Waals surface area contributed by atoms with Gasteiger partial charge in [-0.25, -0.2) is 4.68 Å². The van der Waals surface area contributed by atoms with Crippen LogP contribution in [0.2, 0.25) is 0 Å². The number of nitrogens with one attached hydrogen (secondary N) is 2. The Kier molecular flexibility index (Phi) is 4.45. The zero-order valence-electron chi connectivity index (χ0n) is 17.6. The van der Waals surface area contributed by atoms with Gasteiger partial charge in [-0.2, -0.15) is 10.2 Å². The van der Waals surface area contributed by atoms with Crippen LogP contribution < -0.4 is 10.2 Å². The summed E-state index contributed by atoms with van der Waals surface area (Å²) in [5.74, 6) is 0.935. The van der Waals surface area contributed by atoms with Crippen LogP contribution in [-0.2, 0) is 0 Å². The van der Waals surface area contributed by atoms with Crippen LogP contribution >= 0.6 is 0 Å². The molecule has 8 heteroatoms. The lowest BCUT2D eigenvalue weighted by atomic mass is 9.83. The number of benzene rings is 1. The van der Waals surface area contributed by atoms with Crippen molar-refractivity contribution in [1.82, 2.24) is 35.5 Å².